The lowest BCUT2D eigenvalue weighted by Gasteiger charge is -2.30. The second-order valence-electron chi connectivity index (χ2n) is 12.8. The quantitative estimate of drug-likeness (QED) is 0.0691. The van der Waals surface area contributed by atoms with Gasteiger partial charge in [-0.15, -0.1) is 0 Å². The number of hydrogen-bond acceptors (Lipinski definition) is 13. The number of hydrogen-bond donors (Lipinski definition) is 3. The van der Waals surface area contributed by atoms with E-state index in [0.717, 1.165) is 63.5 Å². The minimum Gasteiger partial charge on any atom is -0.480 e. The van der Waals surface area contributed by atoms with Crippen LogP contribution in [0.5, 0.6) is 0 Å². The van der Waals surface area contributed by atoms with Crippen LogP contribution < -0.4 is 0 Å². The number of carbonyl (C=O) groups excluding carboxylic acids is 4. The molecule has 0 spiro atoms. The molecular formula is C33H52N2O12. The molecule has 2 aliphatic rings. The Balaban J connectivity index is 1.78. The van der Waals surface area contributed by atoms with Crippen molar-refractivity contribution in [3.8, 4) is 0 Å². The normalized spacial score (nSPS) is 21.5. The van der Waals surface area contributed by atoms with Crippen molar-refractivity contribution in [2.75, 3.05) is 65.7 Å². The summed E-state index contributed by atoms with van der Waals surface area (Å²) in [7, 11) is 0. The van der Waals surface area contributed by atoms with Crippen LogP contribution in [0, 0.1) is 23.7 Å². The Bertz CT molecular complexity index is 1040. The lowest BCUT2D eigenvalue weighted by Crippen LogP contribution is -2.47. The number of carboxylic acid groups (broad SMARTS) is 1. The van der Waals surface area contributed by atoms with Crippen LogP contribution in [0.1, 0.15) is 58.3 Å². The van der Waals surface area contributed by atoms with Gasteiger partial charge < -0.3 is 34.3 Å². The van der Waals surface area contributed by atoms with E-state index < -0.39 is 42.2 Å². The number of esters is 4. The minimum absolute atomic E-state index is 0.0414. The summed E-state index contributed by atoms with van der Waals surface area (Å²) in [6.45, 7) is 7.81. The average Bonchev–Trinajstić information content (AvgIpc) is 3.02. The fourth-order valence-electron chi connectivity index (χ4n) is 5.85. The van der Waals surface area contributed by atoms with Gasteiger partial charge in [-0.2, -0.15) is 0 Å². The van der Waals surface area contributed by atoms with E-state index in [1.165, 1.54) is 16.7 Å². The van der Waals surface area contributed by atoms with E-state index in [2.05, 4.69) is 13.2 Å². The Morgan fingerprint density at radius 2 is 0.979 bits per heavy atom. The van der Waals surface area contributed by atoms with Gasteiger partial charge in [-0.1, -0.05) is 13.2 Å². The van der Waals surface area contributed by atoms with Crippen molar-refractivity contribution in [1.29, 1.82) is 0 Å². The fourth-order valence-corrected chi connectivity index (χ4v) is 5.85. The van der Waals surface area contributed by atoms with Crippen molar-refractivity contribution in [2.24, 2.45) is 23.7 Å². The highest BCUT2D eigenvalue weighted by molar-refractivity contribution is 5.81. The lowest BCUT2D eigenvalue weighted by molar-refractivity contribution is -0.166. The van der Waals surface area contributed by atoms with Crippen LogP contribution in [0.15, 0.2) is 25.3 Å². The number of rotatable bonds is 21. The van der Waals surface area contributed by atoms with E-state index in [-0.39, 0.29) is 69.6 Å². The first-order chi connectivity index (χ1) is 22.3. The summed E-state index contributed by atoms with van der Waals surface area (Å²) in [5.41, 5.74) is 0. The van der Waals surface area contributed by atoms with E-state index in [1.807, 2.05) is 0 Å². The van der Waals surface area contributed by atoms with E-state index in [1.54, 1.807) is 0 Å². The highest BCUT2D eigenvalue weighted by Gasteiger charge is 2.27. The van der Waals surface area contributed by atoms with Gasteiger partial charge in [-0.25, -0.2) is 9.59 Å². The molecule has 2 aliphatic carbocycles. The number of ether oxygens (including phenoxy) is 4. The molecule has 0 saturated heterocycles. The maximum Gasteiger partial charge on any atom is 0.330 e. The van der Waals surface area contributed by atoms with Crippen molar-refractivity contribution < 1.29 is 58.2 Å². The van der Waals surface area contributed by atoms with Gasteiger partial charge in [0.1, 0.15) is 0 Å². The third kappa shape index (κ3) is 18.0. The minimum atomic E-state index is -2.13. The van der Waals surface area contributed by atoms with Gasteiger partial charge in [0.2, 0.25) is 0 Å². The topological polar surface area (TPSA) is 189 Å². The molecular weight excluding hydrogens is 616 g/mol. The third-order valence-corrected chi connectivity index (χ3v) is 8.47. The second-order valence-corrected chi connectivity index (χ2v) is 12.8. The van der Waals surface area contributed by atoms with Crippen molar-refractivity contribution in [1.82, 2.24) is 9.80 Å². The molecule has 0 heterocycles. The van der Waals surface area contributed by atoms with E-state index >= 15 is 0 Å². The van der Waals surface area contributed by atoms with Crippen LogP contribution in [0.3, 0.4) is 0 Å². The summed E-state index contributed by atoms with van der Waals surface area (Å²) < 4.78 is 21.2. The van der Waals surface area contributed by atoms with Crippen molar-refractivity contribution in [2.45, 2.75) is 64.1 Å². The van der Waals surface area contributed by atoms with E-state index in [4.69, 9.17) is 18.9 Å². The van der Waals surface area contributed by atoms with Crippen LogP contribution in [0.2, 0.25) is 0 Å². The summed E-state index contributed by atoms with van der Waals surface area (Å²) in [5.74, 6) is -4.50. The van der Waals surface area contributed by atoms with Crippen LogP contribution in [0.4, 0.5) is 0 Å². The molecule has 0 bridgehead atoms. The monoisotopic (exact) mass is 668 g/mol. The van der Waals surface area contributed by atoms with Gasteiger partial charge >= 0.3 is 29.8 Å². The zero-order valence-corrected chi connectivity index (χ0v) is 27.5. The van der Waals surface area contributed by atoms with Gasteiger partial charge in [0.05, 0.1) is 52.6 Å². The first-order valence-corrected chi connectivity index (χ1v) is 16.3. The molecule has 0 aromatic carbocycles. The Morgan fingerprint density at radius 1 is 0.638 bits per heavy atom. The zero-order chi connectivity index (χ0) is 34.8. The zero-order valence-electron chi connectivity index (χ0n) is 27.5. The molecule has 14 heteroatoms. The largest absolute Gasteiger partial charge is 0.480 e. The highest BCUT2D eigenvalue weighted by atomic mass is 16.5. The Morgan fingerprint density at radius 3 is 1.32 bits per heavy atom. The number of carboxylic acids is 1. The van der Waals surface area contributed by atoms with E-state index in [0.29, 0.717) is 13.2 Å². The molecule has 2 rings (SSSR count). The molecule has 0 aliphatic heterocycles. The first-order valence-electron chi connectivity index (χ1n) is 16.3. The highest BCUT2D eigenvalue weighted by Crippen LogP contribution is 2.30. The Hall–Kier alpha value is -3.33. The molecule has 0 unspecified atom stereocenters. The maximum atomic E-state index is 12.7. The van der Waals surface area contributed by atoms with Gasteiger partial charge in [-0.3, -0.25) is 24.2 Å². The fraction of sp³-hybridized carbons (Fsp3) is 0.727. The summed E-state index contributed by atoms with van der Waals surface area (Å²) in [6.07, 6.45) is 8.85. The summed E-state index contributed by atoms with van der Waals surface area (Å²) >= 11 is 0. The van der Waals surface area contributed by atoms with Crippen LogP contribution in [0.25, 0.3) is 0 Å². The van der Waals surface area contributed by atoms with Gasteiger partial charge in [0, 0.05) is 25.2 Å². The number of nitrogens with zero attached hydrogens (tertiary/aromatic N) is 2. The third-order valence-electron chi connectivity index (χ3n) is 8.47. The second kappa shape index (κ2) is 20.8. The average molecular weight is 669 g/mol. The molecule has 0 amide bonds. The lowest BCUT2D eigenvalue weighted by atomic mass is 9.83. The molecule has 0 aromatic rings. The maximum absolute atomic E-state index is 12.7. The Labute approximate surface area is 276 Å². The van der Waals surface area contributed by atoms with Crippen molar-refractivity contribution in [3.63, 3.8) is 0 Å². The van der Waals surface area contributed by atoms with Gasteiger partial charge in [0.15, 0.2) is 5.79 Å². The number of aliphatic carboxylic acids is 1. The predicted molar refractivity (Wildman–Crippen MR) is 168 cm³/mol. The predicted octanol–water partition coefficient (Wildman–Crippen LogP) is 1.53. The van der Waals surface area contributed by atoms with E-state index in [9.17, 15) is 39.3 Å². The van der Waals surface area contributed by atoms with Crippen LogP contribution in [-0.4, -0.2) is 126 Å². The Kier molecular flexibility index (Phi) is 17.6. The first kappa shape index (κ1) is 39.8. The standard InChI is InChI=1S/C33H52N2O12/c1-4-29(38)44-19-24-6-10-26(11-7-24)21-46-31(40)17-34(16-28(36)37)14-15-35(23-33(3,42)43)18-32(41)47-22-27-12-8-25(9-13-27)20-45-30(39)5-2/h4-5,24-27,42-43H,1-2,6-23H2,3H3,(H,36,37). The number of carbonyl (C=O) groups is 5. The molecule has 2 fully saturated rings. The SMILES string of the molecule is C=CC(=O)OCC1CCC(COC(=O)CN(CCN(CC(=O)OCC2CCC(COC(=O)C=C)CC2)CC(C)(O)O)CC(=O)O)CC1. The molecule has 0 aromatic heterocycles. The van der Waals surface area contributed by atoms with Crippen LogP contribution in [-0.2, 0) is 42.9 Å². The van der Waals surface area contributed by atoms with Crippen molar-refractivity contribution in [3.05, 3.63) is 25.3 Å². The molecule has 2 saturated carbocycles. The molecule has 14 nitrogen and oxygen atoms in total. The molecule has 266 valence electrons. The van der Waals surface area contributed by atoms with Gasteiger partial charge in [0.25, 0.3) is 0 Å². The summed E-state index contributed by atoms with van der Waals surface area (Å²) in [5, 5.41) is 29.4. The molecule has 3 N–H and O–H groups in total. The van der Waals surface area contributed by atoms with Crippen LogP contribution >= 0.6 is 0 Å². The molecule has 47 heavy (non-hydrogen) atoms. The van der Waals surface area contributed by atoms with Gasteiger partial charge in [-0.05, 0) is 82.0 Å². The summed E-state index contributed by atoms with van der Waals surface area (Å²) in [6, 6.07) is 0. The smallest absolute Gasteiger partial charge is 0.330 e. The van der Waals surface area contributed by atoms with Crippen molar-refractivity contribution >= 4 is 29.8 Å². The number of aliphatic hydroxyl groups is 2. The molecule has 0 radical (unpaired) electrons. The molecule has 0 atom stereocenters. The summed E-state index contributed by atoms with van der Waals surface area (Å²) in [4.78, 5) is 62.2.